The van der Waals surface area contributed by atoms with Crippen LogP contribution in [0, 0.1) is 12.3 Å². The summed E-state index contributed by atoms with van der Waals surface area (Å²) in [7, 11) is 0. The smallest absolute Gasteiger partial charge is 0.307 e. The monoisotopic (exact) mass is 198 g/mol. The molecule has 0 aromatic heterocycles. The standard InChI is InChI=1S/C10H12F2N2/c1-7-4-2-3-5-8(7)6-10(11,12)9(13)14/h2-5H,6H2,1H3,(H3,13,14). The highest BCUT2D eigenvalue weighted by Crippen LogP contribution is 2.21. The third kappa shape index (κ3) is 2.28. The van der Waals surface area contributed by atoms with Crippen LogP contribution < -0.4 is 5.73 Å². The van der Waals surface area contributed by atoms with Crippen LogP contribution in [-0.4, -0.2) is 11.8 Å². The lowest BCUT2D eigenvalue weighted by molar-refractivity contribution is 0.0760. The first-order valence-corrected chi connectivity index (χ1v) is 4.20. The van der Waals surface area contributed by atoms with Crippen molar-refractivity contribution in [1.29, 1.82) is 5.41 Å². The summed E-state index contributed by atoms with van der Waals surface area (Å²) in [5.74, 6) is -4.33. The third-order valence-electron chi connectivity index (χ3n) is 2.07. The fourth-order valence-corrected chi connectivity index (χ4v) is 1.14. The van der Waals surface area contributed by atoms with Gasteiger partial charge < -0.3 is 5.73 Å². The van der Waals surface area contributed by atoms with E-state index in [1.165, 1.54) is 0 Å². The first kappa shape index (κ1) is 10.6. The third-order valence-corrected chi connectivity index (χ3v) is 2.07. The highest BCUT2D eigenvalue weighted by molar-refractivity contribution is 5.84. The molecule has 1 aromatic rings. The summed E-state index contributed by atoms with van der Waals surface area (Å²) in [6.45, 7) is 1.76. The van der Waals surface area contributed by atoms with E-state index < -0.39 is 18.2 Å². The Kier molecular flexibility index (Phi) is 2.84. The van der Waals surface area contributed by atoms with Crippen LogP contribution in [-0.2, 0) is 6.42 Å². The van der Waals surface area contributed by atoms with Crippen LogP contribution in [0.2, 0.25) is 0 Å². The normalized spacial score (nSPS) is 11.4. The van der Waals surface area contributed by atoms with E-state index in [9.17, 15) is 8.78 Å². The Morgan fingerprint density at radius 1 is 1.43 bits per heavy atom. The molecule has 1 aromatic carbocycles. The van der Waals surface area contributed by atoms with E-state index in [-0.39, 0.29) is 0 Å². The first-order valence-electron chi connectivity index (χ1n) is 4.20. The number of alkyl halides is 2. The Balaban J connectivity index is 2.89. The average Bonchev–Trinajstić information content (AvgIpc) is 2.08. The first-order chi connectivity index (χ1) is 6.43. The Morgan fingerprint density at radius 3 is 2.50 bits per heavy atom. The molecule has 0 heterocycles. The second-order valence-electron chi connectivity index (χ2n) is 3.22. The van der Waals surface area contributed by atoms with Crippen molar-refractivity contribution < 1.29 is 8.78 Å². The van der Waals surface area contributed by atoms with Gasteiger partial charge in [0.15, 0.2) is 5.84 Å². The highest BCUT2D eigenvalue weighted by Gasteiger charge is 2.33. The molecule has 0 aliphatic rings. The summed E-state index contributed by atoms with van der Waals surface area (Å²) in [6, 6.07) is 6.85. The van der Waals surface area contributed by atoms with Crippen molar-refractivity contribution >= 4 is 5.84 Å². The fourth-order valence-electron chi connectivity index (χ4n) is 1.14. The largest absolute Gasteiger partial charge is 0.383 e. The van der Waals surface area contributed by atoms with Crippen LogP contribution in [0.3, 0.4) is 0 Å². The molecule has 2 nitrogen and oxygen atoms in total. The molecule has 0 bridgehead atoms. The molecule has 0 fully saturated rings. The molecule has 76 valence electrons. The second-order valence-corrected chi connectivity index (χ2v) is 3.22. The van der Waals surface area contributed by atoms with E-state index in [4.69, 9.17) is 11.1 Å². The maximum absolute atomic E-state index is 13.1. The molecule has 0 saturated heterocycles. The van der Waals surface area contributed by atoms with E-state index in [0.29, 0.717) is 5.56 Å². The minimum absolute atomic E-state index is 0.505. The lowest BCUT2D eigenvalue weighted by Gasteiger charge is -2.15. The molecular formula is C10H12F2N2. The molecule has 0 spiro atoms. The molecule has 0 amide bonds. The number of halogens is 2. The number of hydrogen-bond acceptors (Lipinski definition) is 1. The zero-order chi connectivity index (χ0) is 10.8. The molecule has 0 saturated carbocycles. The molecule has 3 N–H and O–H groups in total. The van der Waals surface area contributed by atoms with Crippen LogP contribution in [0.25, 0.3) is 0 Å². The molecule has 1 rings (SSSR count). The van der Waals surface area contributed by atoms with E-state index in [1.54, 1.807) is 31.2 Å². The van der Waals surface area contributed by atoms with Crippen LogP contribution in [0.15, 0.2) is 24.3 Å². The average molecular weight is 198 g/mol. The lowest BCUT2D eigenvalue weighted by atomic mass is 10.0. The zero-order valence-electron chi connectivity index (χ0n) is 7.85. The fraction of sp³-hybridized carbons (Fsp3) is 0.300. The minimum atomic E-state index is -3.24. The van der Waals surface area contributed by atoms with Crippen molar-refractivity contribution in [3.8, 4) is 0 Å². The lowest BCUT2D eigenvalue weighted by Crippen LogP contribution is -2.36. The van der Waals surface area contributed by atoms with Crippen LogP contribution >= 0.6 is 0 Å². The van der Waals surface area contributed by atoms with Crippen molar-refractivity contribution in [3.63, 3.8) is 0 Å². The van der Waals surface area contributed by atoms with Gasteiger partial charge >= 0.3 is 5.92 Å². The van der Waals surface area contributed by atoms with Gasteiger partial charge in [-0.05, 0) is 18.1 Å². The highest BCUT2D eigenvalue weighted by atomic mass is 19.3. The number of benzene rings is 1. The van der Waals surface area contributed by atoms with Crippen LogP contribution in [0.4, 0.5) is 8.78 Å². The summed E-state index contributed by atoms with van der Waals surface area (Å²) in [5.41, 5.74) is 6.11. The van der Waals surface area contributed by atoms with E-state index in [1.807, 2.05) is 0 Å². The zero-order valence-corrected chi connectivity index (χ0v) is 7.85. The van der Waals surface area contributed by atoms with E-state index >= 15 is 0 Å². The number of rotatable bonds is 3. The Labute approximate surface area is 81.2 Å². The summed E-state index contributed by atoms with van der Waals surface area (Å²) in [5, 5.41) is 6.74. The van der Waals surface area contributed by atoms with Crippen molar-refractivity contribution in [2.75, 3.05) is 0 Å². The Bertz CT molecular complexity index is 348. The van der Waals surface area contributed by atoms with Gasteiger partial charge in [-0.25, -0.2) is 0 Å². The number of nitrogens with one attached hydrogen (secondary N) is 1. The number of hydrogen-bond donors (Lipinski definition) is 2. The van der Waals surface area contributed by atoms with E-state index in [2.05, 4.69) is 0 Å². The molecular weight excluding hydrogens is 186 g/mol. The van der Waals surface area contributed by atoms with Gasteiger partial charge in [0.05, 0.1) is 0 Å². The Hall–Kier alpha value is -1.45. The van der Waals surface area contributed by atoms with Crippen molar-refractivity contribution in [2.24, 2.45) is 5.73 Å². The van der Waals surface area contributed by atoms with Crippen molar-refractivity contribution in [1.82, 2.24) is 0 Å². The molecule has 14 heavy (non-hydrogen) atoms. The van der Waals surface area contributed by atoms with Crippen LogP contribution in [0.1, 0.15) is 11.1 Å². The van der Waals surface area contributed by atoms with Gasteiger partial charge in [0, 0.05) is 6.42 Å². The Morgan fingerprint density at radius 2 is 2.00 bits per heavy atom. The summed E-state index contributed by atoms with van der Waals surface area (Å²) < 4.78 is 26.1. The van der Waals surface area contributed by atoms with Gasteiger partial charge in [-0.1, -0.05) is 24.3 Å². The molecule has 0 unspecified atom stereocenters. The molecule has 0 radical (unpaired) electrons. The van der Waals surface area contributed by atoms with Gasteiger partial charge in [-0.2, -0.15) is 8.78 Å². The van der Waals surface area contributed by atoms with Gasteiger partial charge in [-0.3, -0.25) is 5.41 Å². The predicted octanol–water partition coefficient (Wildman–Crippen LogP) is 2.11. The maximum Gasteiger partial charge on any atom is 0.307 e. The molecule has 0 aliphatic heterocycles. The van der Waals surface area contributed by atoms with Gasteiger partial charge in [0.25, 0.3) is 0 Å². The van der Waals surface area contributed by atoms with Gasteiger partial charge in [-0.15, -0.1) is 0 Å². The second kappa shape index (κ2) is 3.74. The predicted molar refractivity (Wildman–Crippen MR) is 51.7 cm³/mol. The SMILES string of the molecule is Cc1ccccc1CC(F)(F)C(=N)N. The summed E-state index contributed by atoms with van der Waals surface area (Å²) >= 11 is 0. The number of amidine groups is 1. The quantitative estimate of drug-likeness (QED) is 0.567. The number of aryl methyl sites for hydroxylation is 1. The molecule has 0 aliphatic carbocycles. The molecule has 0 atom stereocenters. The minimum Gasteiger partial charge on any atom is -0.383 e. The summed E-state index contributed by atoms with van der Waals surface area (Å²) in [6.07, 6.45) is -0.505. The molecule has 4 heteroatoms. The van der Waals surface area contributed by atoms with Crippen molar-refractivity contribution in [2.45, 2.75) is 19.3 Å². The van der Waals surface area contributed by atoms with Crippen LogP contribution in [0.5, 0.6) is 0 Å². The topological polar surface area (TPSA) is 49.9 Å². The number of nitrogens with two attached hydrogens (primary N) is 1. The maximum atomic E-state index is 13.1. The van der Waals surface area contributed by atoms with Gasteiger partial charge in [0.1, 0.15) is 0 Å². The summed E-state index contributed by atoms with van der Waals surface area (Å²) in [4.78, 5) is 0. The van der Waals surface area contributed by atoms with Gasteiger partial charge in [0.2, 0.25) is 0 Å². The van der Waals surface area contributed by atoms with E-state index in [0.717, 1.165) is 5.56 Å². The van der Waals surface area contributed by atoms with Crippen molar-refractivity contribution in [3.05, 3.63) is 35.4 Å².